The van der Waals surface area contributed by atoms with E-state index in [0.29, 0.717) is 6.61 Å². The van der Waals surface area contributed by atoms with Gasteiger partial charge in [-0.3, -0.25) is 0 Å². The third-order valence-electron chi connectivity index (χ3n) is 2.57. The van der Waals surface area contributed by atoms with Crippen LogP contribution >= 0.6 is 0 Å². The quantitative estimate of drug-likeness (QED) is 0.656. The third-order valence-corrected chi connectivity index (χ3v) is 2.57. The normalized spacial score (nSPS) is 26.8. The molecule has 1 N–H and O–H groups in total. The Morgan fingerprint density at radius 1 is 1.67 bits per heavy atom. The second kappa shape index (κ2) is 4.80. The minimum absolute atomic E-state index is 0.289. The van der Waals surface area contributed by atoms with Crippen LogP contribution in [0.5, 0.6) is 0 Å². The molecular formula is C9H19NO2. The molecule has 3 heteroatoms. The average Bonchev–Trinajstić information content (AvgIpc) is 2.03. The van der Waals surface area contributed by atoms with Crippen LogP contribution in [0.3, 0.4) is 0 Å². The Bertz CT molecular complexity index is 130. The lowest BCUT2D eigenvalue weighted by Crippen LogP contribution is -2.46. The Labute approximate surface area is 74.3 Å². The Kier molecular flexibility index (Phi) is 3.98. The van der Waals surface area contributed by atoms with Crippen LogP contribution in [0.2, 0.25) is 0 Å². The van der Waals surface area contributed by atoms with Gasteiger partial charge in [-0.05, 0) is 26.3 Å². The van der Waals surface area contributed by atoms with Crippen LogP contribution in [0, 0.1) is 0 Å². The van der Waals surface area contributed by atoms with Gasteiger partial charge in [0.25, 0.3) is 0 Å². The molecule has 0 saturated carbocycles. The summed E-state index contributed by atoms with van der Waals surface area (Å²) < 4.78 is 4.85. The summed E-state index contributed by atoms with van der Waals surface area (Å²) in [5, 5.41) is 9.35. The largest absolute Gasteiger partial charge is 0.391 e. The van der Waals surface area contributed by atoms with E-state index < -0.39 is 0 Å². The van der Waals surface area contributed by atoms with Gasteiger partial charge in [-0.2, -0.15) is 0 Å². The third kappa shape index (κ3) is 2.73. The zero-order valence-corrected chi connectivity index (χ0v) is 7.99. The molecule has 0 aliphatic carbocycles. The maximum Gasteiger partial charge on any atom is 0.0785 e. The Morgan fingerprint density at radius 3 is 2.83 bits per heavy atom. The minimum atomic E-state index is -0.289. The molecule has 1 aliphatic rings. The molecule has 0 aromatic rings. The van der Waals surface area contributed by atoms with Crippen molar-refractivity contribution in [3.63, 3.8) is 0 Å². The highest BCUT2D eigenvalue weighted by Crippen LogP contribution is 2.16. The highest BCUT2D eigenvalue weighted by atomic mass is 16.5. The van der Waals surface area contributed by atoms with Crippen LogP contribution < -0.4 is 0 Å². The van der Waals surface area contributed by atoms with Crippen molar-refractivity contribution < 1.29 is 9.84 Å². The summed E-state index contributed by atoms with van der Waals surface area (Å²) in [4.78, 5) is 2.39. The SMILES string of the molecule is COCC(O)CCN1CCC1C. The summed E-state index contributed by atoms with van der Waals surface area (Å²) in [6.45, 7) is 4.89. The van der Waals surface area contributed by atoms with Crippen molar-refractivity contribution in [2.24, 2.45) is 0 Å². The average molecular weight is 173 g/mol. The highest BCUT2D eigenvalue weighted by Gasteiger charge is 2.23. The number of hydrogen-bond acceptors (Lipinski definition) is 3. The zero-order chi connectivity index (χ0) is 8.97. The van der Waals surface area contributed by atoms with Crippen molar-refractivity contribution in [2.75, 3.05) is 26.8 Å². The van der Waals surface area contributed by atoms with Crippen molar-refractivity contribution >= 4 is 0 Å². The van der Waals surface area contributed by atoms with Crippen molar-refractivity contribution in [3.05, 3.63) is 0 Å². The first kappa shape index (κ1) is 9.96. The highest BCUT2D eigenvalue weighted by molar-refractivity contribution is 4.78. The van der Waals surface area contributed by atoms with Gasteiger partial charge in [-0.15, -0.1) is 0 Å². The summed E-state index contributed by atoms with van der Waals surface area (Å²) in [7, 11) is 1.62. The van der Waals surface area contributed by atoms with Crippen LogP contribution in [0.4, 0.5) is 0 Å². The van der Waals surface area contributed by atoms with Crippen LogP contribution in [0.1, 0.15) is 19.8 Å². The summed E-state index contributed by atoms with van der Waals surface area (Å²) in [6.07, 6.45) is 1.85. The number of methoxy groups -OCH3 is 1. The molecule has 0 amide bonds. The molecule has 2 unspecified atom stereocenters. The summed E-state index contributed by atoms with van der Waals surface area (Å²) >= 11 is 0. The number of rotatable bonds is 5. The number of nitrogens with zero attached hydrogens (tertiary/aromatic N) is 1. The van der Waals surface area contributed by atoms with E-state index in [1.54, 1.807) is 7.11 Å². The fourth-order valence-corrected chi connectivity index (χ4v) is 1.49. The fraction of sp³-hybridized carbons (Fsp3) is 1.00. The van der Waals surface area contributed by atoms with Gasteiger partial charge in [0, 0.05) is 19.7 Å². The Hall–Kier alpha value is -0.120. The molecule has 0 bridgehead atoms. The topological polar surface area (TPSA) is 32.7 Å². The van der Waals surface area contributed by atoms with E-state index >= 15 is 0 Å². The zero-order valence-electron chi connectivity index (χ0n) is 7.99. The molecule has 12 heavy (non-hydrogen) atoms. The molecule has 3 nitrogen and oxygen atoms in total. The second-order valence-electron chi connectivity index (χ2n) is 3.57. The first-order valence-electron chi connectivity index (χ1n) is 4.65. The van der Waals surface area contributed by atoms with Gasteiger partial charge >= 0.3 is 0 Å². The first-order valence-corrected chi connectivity index (χ1v) is 4.65. The van der Waals surface area contributed by atoms with Crippen molar-refractivity contribution in [2.45, 2.75) is 31.9 Å². The van der Waals surface area contributed by atoms with E-state index in [1.807, 2.05) is 0 Å². The molecule has 1 fully saturated rings. The molecule has 1 saturated heterocycles. The monoisotopic (exact) mass is 173 g/mol. The maximum absolute atomic E-state index is 9.35. The second-order valence-corrected chi connectivity index (χ2v) is 3.57. The lowest BCUT2D eigenvalue weighted by molar-refractivity contribution is 0.0334. The van der Waals surface area contributed by atoms with E-state index in [1.165, 1.54) is 13.0 Å². The van der Waals surface area contributed by atoms with Crippen LogP contribution in [0.25, 0.3) is 0 Å². The van der Waals surface area contributed by atoms with E-state index in [0.717, 1.165) is 19.0 Å². The molecule has 1 heterocycles. The molecular weight excluding hydrogens is 154 g/mol. The molecule has 2 atom stereocenters. The number of likely N-dealkylation sites (tertiary alicyclic amines) is 1. The Morgan fingerprint density at radius 2 is 2.42 bits per heavy atom. The van der Waals surface area contributed by atoms with Gasteiger partial charge in [0.05, 0.1) is 12.7 Å². The van der Waals surface area contributed by atoms with Crippen LogP contribution in [-0.2, 0) is 4.74 Å². The van der Waals surface area contributed by atoms with Gasteiger partial charge in [0.1, 0.15) is 0 Å². The number of ether oxygens (including phenoxy) is 1. The van der Waals surface area contributed by atoms with E-state index in [9.17, 15) is 5.11 Å². The maximum atomic E-state index is 9.35. The standard InChI is InChI=1S/C9H19NO2/c1-8-3-5-10(8)6-4-9(11)7-12-2/h8-9,11H,3-7H2,1-2H3. The van der Waals surface area contributed by atoms with Crippen molar-refractivity contribution in [1.82, 2.24) is 4.90 Å². The molecule has 0 radical (unpaired) electrons. The van der Waals surface area contributed by atoms with Crippen molar-refractivity contribution in [1.29, 1.82) is 0 Å². The first-order chi connectivity index (χ1) is 5.74. The predicted octanol–water partition coefficient (Wildman–Crippen LogP) is 0.478. The van der Waals surface area contributed by atoms with Gasteiger partial charge in [0.2, 0.25) is 0 Å². The molecule has 0 aromatic carbocycles. The predicted molar refractivity (Wildman–Crippen MR) is 48.2 cm³/mol. The summed E-state index contributed by atoms with van der Waals surface area (Å²) in [5.74, 6) is 0. The van der Waals surface area contributed by atoms with Gasteiger partial charge in [0.15, 0.2) is 0 Å². The lowest BCUT2D eigenvalue weighted by Gasteiger charge is -2.39. The molecule has 0 aromatic heterocycles. The number of hydrogen-bond donors (Lipinski definition) is 1. The van der Waals surface area contributed by atoms with Crippen LogP contribution in [-0.4, -0.2) is 49.0 Å². The summed E-state index contributed by atoms with van der Waals surface area (Å²) in [5.41, 5.74) is 0. The van der Waals surface area contributed by atoms with E-state index in [4.69, 9.17) is 4.74 Å². The molecule has 72 valence electrons. The fourth-order valence-electron chi connectivity index (χ4n) is 1.49. The van der Waals surface area contributed by atoms with Gasteiger partial charge in [-0.25, -0.2) is 0 Å². The minimum Gasteiger partial charge on any atom is -0.391 e. The van der Waals surface area contributed by atoms with E-state index in [-0.39, 0.29) is 6.10 Å². The number of aliphatic hydroxyl groups excluding tert-OH is 1. The molecule has 1 aliphatic heterocycles. The molecule has 0 spiro atoms. The summed E-state index contributed by atoms with van der Waals surface area (Å²) in [6, 6.07) is 0.722. The van der Waals surface area contributed by atoms with E-state index in [2.05, 4.69) is 11.8 Å². The number of aliphatic hydroxyl groups is 1. The Balaban J connectivity index is 2.00. The van der Waals surface area contributed by atoms with Crippen molar-refractivity contribution in [3.8, 4) is 0 Å². The lowest BCUT2D eigenvalue weighted by atomic mass is 10.0. The smallest absolute Gasteiger partial charge is 0.0785 e. The van der Waals surface area contributed by atoms with Gasteiger partial charge < -0.3 is 14.7 Å². The van der Waals surface area contributed by atoms with Crippen LogP contribution in [0.15, 0.2) is 0 Å². The molecule has 1 rings (SSSR count). The van der Waals surface area contributed by atoms with Gasteiger partial charge in [-0.1, -0.05) is 0 Å².